The van der Waals surface area contributed by atoms with Crippen molar-refractivity contribution in [1.82, 2.24) is 5.32 Å². The molecule has 0 spiro atoms. The van der Waals surface area contributed by atoms with Crippen molar-refractivity contribution in [2.75, 3.05) is 0 Å². The molecule has 0 aliphatic heterocycles. The Kier molecular flexibility index (Phi) is 4.14. The molecule has 0 unspecified atom stereocenters. The van der Waals surface area contributed by atoms with Gasteiger partial charge in [-0.25, -0.2) is 0 Å². The Balaban J connectivity index is 2.18. The van der Waals surface area contributed by atoms with Gasteiger partial charge in [-0.15, -0.1) is 0 Å². The van der Waals surface area contributed by atoms with Gasteiger partial charge in [-0.2, -0.15) is 13.2 Å². The van der Waals surface area contributed by atoms with Crippen molar-refractivity contribution < 1.29 is 17.6 Å². The van der Waals surface area contributed by atoms with Crippen molar-refractivity contribution in [3.63, 3.8) is 0 Å². The van der Waals surface area contributed by atoms with Crippen LogP contribution in [0.5, 0.6) is 0 Å². The third-order valence-electron chi connectivity index (χ3n) is 2.93. The first-order valence-corrected chi connectivity index (χ1v) is 6.66. The van der Waals surface area contributed by atoms with E-state index in [9.17, 15) is 13.2 Å². The quantitative estimate of drug-likeness (QED) is 0.875. The number of nitrogens with one attached hydrogen (secondary N) is 1. The van der Waals surface area contributed by atoms with Crippen molar-refractivity contribution in [1.29, 1.82) is 0 Å². The summed E-state index contributed by atoms with van der Waals surface area (Å²) in [5.74, 6) is 1.13. The van der Waals surface area contributed by atoms with Crippen molar-refractivity contribution in [3.8, 4) is 11.3 Å². The summed E-state index contributed by atoms with van der Waals surface area (Å²) < 4.78 is 43.7. The monoisotopic (exact) mass is 297 g/mol. The third-order valence-corrected chi connectivity index (χ3v) is 2.93. The zero-order chi connectivity index (χ0) is 15.7. The molecule has 21 heavy (non-hydrogen) atoms. The van der Waals surface area contributed by atoms with Gasteiger partial charge < -0.3 is 9.73 Å². The summed E-state index contributed by atoms with van der Waals surface area (Å²) in [6.07, 6.45) is -4.35. The zero-order valence-electron chi connectivity index (χ0n) is 12.2. The topological polar surface area (TPSA) is 25.2 Å². The van der Waals surface area contributed by atoms with E-state index in [0.29, 0.717) is 23.6 Å². The van der Waals surface area contributed by atoms with Gasteiger partial charge in [0.1, 0.15) is 11.5 Å². The lowest BCUT2D eigenvalue weighted by Crippen LogP contribution is -2.34. The van der Waals surface area contributed by atoms with Gasteiger partial charge in [-0.1, -0.05) is 12.1 Å². The molecule has 0 radical (unpaired) electrons. The summed E-state index contributed by atoms with van der Waals surface area (Å²) in [6.45, 7) is 6.62. The van der Waals surface area contributed by atoms with Crippen LogP contribution in [0.25, 0.3) is 11.3 Å². The summed E-state index contributed by atoms with van der Waals surface area (Å²) in [5.41, 5.74) is -0.305. The van der Waals surface area contributed by atoms with Crippen molar-refractivity contribution in [3.05, 3.63) is 47.7 Å². The highest BCUT2D eigenvalue weighted by molar-refractivity contribution is 5.58. The number of furan rings is 1. The summed E-state index contributed by atoms with van der Waals surface area (Å²) in [5, 5.41) is 3.26. The van der Waals surface area contributed by atoms with E-state index < -0.39 is 11.7 Å². The summed E-state index contributed by atoms with van der Waals surface area (Å²) >= 11 is 0. The minimum atomic E-state index is -4.35. The van der Waals surface area contributed by atoms with Gasteiger partial charge >= 0.3 is 6.18 Å². The number of alkyl halides is 3. The molecule has 0 fully saturated rings. The number of benzene rings is 1. The molecule has 1 aromatic heterocycles. The van der Waals surface area contributed by atoms with E-state index in [-0.39, 0.29) is 5.54 Å². The van der Waals surface area contributed by atoms with Crippen LogP contribution in [0.4, 0.5) is 13.2 Å². The molecule has 0 atom stereocenters. The van der Waals surface area contributed by atoms with E-state index in [0.717, 1.165) is 12.1 Å². The maximum atomic E-state index is 12.7. The van der Waals surface area contributed by atoms with Gasteiger partial charge in [0.2, 0.25) is 0 Å². The second kappa shape index (κ2) is 5.56. The van der Waals surface area contributed by atoms with Gasteiger partial charge in [0.05, 0.1) is 12.1 Å². The molecular formula is C16H18F3NO. The lowest BCUT2D eigenvalue weighted by atomic mass is 10.1. The van der Waals surface area contributed by atoms with Crippen LogP contribution in [0, 0.1) is 0 Å². The van der Waals surface area contributed by atoms with E-state index in [1.807, 2.05) is 20.8 Å². The first-order chi connectivity index (χ1) is 9.65. The average Bonchev–Trinajstić information content (AvgIpc) is 2.83. The second-order valence-corrected chi connectivity index (χ2v) is 5.95. The van der Waals surface area contributed by atoms with Gasteiger partial charge in [-0.05, 0) is 45.0 Å². The van der Waals surface area contributed by atoms with Crippen molar-refractivity contribution in [2.24, 2.45) is 0 Å². The highest BCUT2D eigenvalue weighted by Crippen LogP contribution is 2.32. The van der Waals surface area contributed by atoms with E-state index in [4.69, 9.17) is 4.42 Å². The Bertz CT molecular complexity index is 608. The molecule has 2 nitrogen and oxygen atoms in total. The fourth-order valence-electron chi connectivity index (χ4n) is 1.83. The molecule has 0 saturated carbocycles. The van der Waals surface area contributed by atoms with Crippen molar-refractivity contribution >= 4 is 0 Å². The molecule has 0 aliphatic rings. The van der Waals surface area contributed by atoms with E-state index >= 15 is 0 Å². The molecule has 0 saturated heterocycles. The van der Waals surface area contributed by atoms with Crippen LogP contribution in [-0.2, 0) is 12.7 Å². The Morgan fingerprint density at radius 1 is 1.05 bits per heavy atom. The first-order valence-electron chi connectivity index (χ1n) is 6.66. The smallest absolute Gasteiger partial charge is 0.416 e. The van der Waals surface area contributed by atoms with Crippen LogP contribution < -0.4 is 5.32 Å². The van der Waals surface area contributed by atoms with Crippen LogP contribution >= 0.6 is 0 Å². The van der Waals surface area contributed by atoms with Gasteiger partial charge in [0.15, 0.2) is 0 Å². The number of hydrogen-bond acceptors (Lipinski definition) is 2. The van der Waals surface area contributed by atoms with E-state index in [1.54, 1.807) is 18.2 Å². The maximum absolute atomic E-state index is 12.7. The average molecular weight is 297 g/mol. The number of rotatable bonds is 3. The molecule has 114 valence electrons. The SMILES string of the molecule is CC(C)(C)NCc1ccc(-c2cccc(C(F)(F)F)c2)o1. The van der Waals surface area contributed by atoms with Crippen LogP contribution in [0.1, 0.15) is 32.1 Å². The molecule has 1 heterocycles. The molecule has 2 aromatic rings. The summed E-state index contributed by atoms with van der Waals surface area (Å²) in [6, 6.07) is 8.60. The first kappa shape index (κ1) is 15.6. The highest BCUT2D eigenvalue weighted by atomic mass is 19.4. The largest absolute Gasteiger partial charge is 0.460 e. The minimum Gasteiger partial charge on any atom is -0.460 e. The van der Waals surface area contributed by atoms with Crippen LogP contribution in [0.2, 0.25) is 0 Å². The van der Waals surface area contributed by atoms with E-state index in [1.165, 1.54) is 6.07 Å². The van der Waals surface area contributed by atoms with Crippen molar-refractivity contribution in [2.45, 2.75) is 39.0 Å². The number of hydrogen-bond donors (Lipinski definition) is 1. The molecule has 5 heteroatoms. The third kappa shape index (κ3) is 4.36. The zero-order valence-corrected chi connectivity index (χ0v) is 12.2. The molecule has 0 amide bonds. The molecular weight excluding hydrogens is 279 g/mol. The van der Waals surface area contributed by atoms with E-state index in [2.05, 4.69) is 5.32 Å². The number of halogens is 3. The Morgan fingerprint density at radius 2 is 1.76 bits per heavy atom. The minimum absolute atomic E-state index is 0.0524. The Hall–Kier alpha value is -1.75. The molecule has 0 aliphatic carbocycles. The van der Waals surface area contributed by atoms with Gasteiger partial charge in [0, 0.05) is 11.1 Å². The lowest BCUT2D eigenvalue weighted by Gasteiger charge is -2.19. The second-order valence-electron chi connectivity index (χ2n) is 5.95. The van der Waals surface area contributed by atoms with Crippen LogP contribution in [0.15, 0.2) is 40.8 Å². The molecule has 1 aromatic carbocycles. The fourth-order valence-corrected chi connectivity index (χ4v) is 1.83. The Labute approximate surface area is 122 Å². The maximum Gasteiger partial charge on any atom is 0.416 e. The highest BCUT2D eigenvalue weighted by Gasteiger charge is 2.30. The van der Waals surface area contributed by atoms with Crippen LogP contribution in [0.3, 0.4) is 0 Å². The summed E-state index contributed by atoms with van der Waals surface area (Å²) in [7, 11) is 0. The fraction of sp³-hybridized carbons (Fsp3) is 0.375. The normalized spacial score (nSPS) is 12.7. The molecule has 1 N–H and O–H groups in total. The molecule has 2 rings (SSSR count). The predicted molar refractivity (Wildman–Crippen MR) is 75.7 cm³/mol. The van der Waals surface area contributed by atoms with Gasteiger partial charge in [-0.3, -0.25) is 0 Å². The molecule has 0 bridgehead atoms. The standard InChI is InChI=1S/C16H18F3NO/c1-15(2,3)20-10-13-7-8-14(21-13)11-5-4-6-12(9-11)16(17,18)19/h4-9,20H,10H2,1-3H3. The lowest BCUT2D eigenvalue weighted by molar-refractivity contribution is -0.137. The summed E-state index contributed by atoms with van der Waals surface area (Å²) in [4.78, 5) is 0. The predicted octanol–water partition coefficient (Wildman–Crippen LogP) is 4.85. The van der Waals surface area contributed by atoms with Gasteiger partial charge in [0.25, 0.3) is 0 Å². The Morgan fingerprint density at radius 3 is 2.38 bits per heavy atom. The van der Waals surface area contributed by atoms with Crippen LogP contribution in [-0.4, -0.2) is 5.54 Å².